The van der Waals surface area contributed by atoms with Gasteiger partial charge in [-0.1, -0.05) is 6.07 Å². The molecule has 0 radical (unpaired) electrons. The number of carbonyl (C=O) groups is 2. The second kappa shape index (κ2) is 6.24. The maximum absolute atomic E-state index is 12.2. The van der Waals surface area contributed by atoms with E-state index in [0.717, 1.165) is 29.8 Å². The molecule has 1 aliphatic rings. The summed E-state index contributed by atoms with van der Waals surface area (Å²) in [6.07, 6.45) is 1.48. The van der Waals surface area contributed by atoms with Gasteiger partial charge < -0.3 is 9.64 Å². The van der Waals surface area contributed by atoms with Crippen LogP contribution in [-0.2, 0) is 4.79 Å². The molecule has 1 saturated heterocycles. The highest BCUT2D eigenvalue weighted by Gasteiger charge is 2.21. The van der Waals surface area contributed by atoms with Crippen LogP contribution in [0.1, 0.15) is 34.3 Å². The van der Waals surface area contributed by atoms with E-state index in [1.165, 1.54) is 0 Å². The van der Waals surface area contributed by atoms with E-state index in [2.05, 4.69) is 0 Å². The van der Waals surface area contributed by atoms with Gasteiger partial charge >= 0.3 is 5.97 Å². The van der Waals surface area contributed by atoms with Crippen LogP contribution in [-0.4, -0.2) is 18.4 Å². The summed E-state index contributed by atoms with van der Waals surface area (Å²) in [7, 11) is 0. The van der Waals surface area contributed by atoms with E-state index >= 15 is 0 Å². The molecule has 0 aromatic heterocycles. The first kappa shape index (κ1) is 15.3. The summed E-state index contributed by atoms with van der Waals surface area (Å²) in [6, 6.07) is 12.6. The fourth-order valence-electron chi connectivity index (χ4n) is 2.64. The zero-order valence-corrected chi connectivity index (χ0v) is 13.3. The number of nitrogens with zero attached hydrogens (tertiary/aromatic N) is 1. The first-order valence-corrected chi connectivity index (χ1v) is 7.74. The Balaban J connectivity index is 1.72. The highest BCUT2D eigenvalue weighted by Crippen LogP contribution is 2.22. The Hall–Kier alpha value is -2.62. The van der Waals surface area contributed by atoms with E-state index in [0.29, 0.717) is 17.7 Å². The first-order valence-electron chi connectivity index (χ1n) is 7.74. The third-order valence-electron chi connectivity index (χ3n) is 4.18. The average molecular weight is 309 g/mol. The molecular weight excluding hydrogens is 290 g/mol. The number of esters is 1. The van der Waals surface area contributed by atoms with Crippen LogP contribution >= 0.6 is 0 Å². The largest absolute Gasteiger partial charge is 0.423 e. The predicted octanol–water partition coefficient (Wildman–Crippen LogP) is 3.65. The minimum Gasteiger partial charge on any atom is -0.423 e. The number of rotatable bonds is 3. The van der Waals surface area contributed by atoms with Crippen molar-refractivity contribution in [1.82, 2.24) is 0 Å². The Labute approximate surface area is 135 Å². The summed E-state index contributed by atoms with van der Waals surface area (Å²) < 4.78 is 5.40. The Bertz CT molecular complexity index is 750. The van der Waals surface area contributed by atoms with Crippen LogP contribution in [0.25, 0.3) is 0 Å². The van der Waals surface area contributed by atoms with Crippen molar-refractivity contribution in [2.75, 3.05) is 11.4 Å². The van der Waals surface area contributed by atoms with Gasteiger partial charge in [0.2, 0.25) is 5.91 Å². The quantitative estimate of drug-likeness (QED) is 0.642. The lowest BCUT2D eigenvalue weighted by atomic mass is 10.1. The summed E-state index contributed by atoms with van der Waals surface area (Å²) in [5, 5.41) is 0. The van der Waals surface area contributed by atoms with Crippen molar-refractivity contribution in [2.24, 2.45) is 0 Å². The summed E-state index contributed by atoms with van der Waals surface area (Å²) >= 11 is 0. The normalized spacial score (nSPS) is 14.2. The second-order valence-electron chi connectivity index (χ2n) is 5.83. The molecule has 0 N–H and O–H groups in total. The van der Waals surface area contributed by atoms with E-state index in [9.17, 15) is 9.59 Å². The molecule has 0 spiro atoms. The van der Waals surface area contributed by atoms with Crippen molar-refractivity contribution in [3.05, 3.63) is 59.2 Å². The number of benzene rings is 2. The van der Waals surface area contributed by atoms with Gasteiger partial charge in [0.1, 0.15) is 5.75 Å². The van der Waals surface area contributed by atoms with Gasteiger partial charge in [0, 0.05) is 18.7 Å². The minimum atomic E-state index is -0.396. The molecule has 4 heteroatoms. The van der Waals surface area contributed by atoms with E-state index < -0.39 is 5.97 Å². The maximum atomic E-state index is 12.2. The predicted molar refractivity (Wildman–Crippen MR) is 88.9 cm³/mol. The lowest BCUT2D eigenvalue weighted by Gasteiger charge is -2.15. The van der Waals surface area contributed by atoms with Gasteiger partial charge in [0.25, 0.3) is 0 Å². The Morgan fingerprint density at radius 1 is 1.04 bits per heavy atom. The lowest BCUT2D eigenvalue weighted by Crippen LogP contribution is -2.23. The molecule has 2 aromatic rings. The van der Waals surface area contributed by atoms with E-state index in [-0.39, 0.29) is 5.91 Å². The first-order chi connectivity index (χ1) is 11.0. The second-order valence-corrected chi connectivity index (χ2v) is 5.83. The maximum Gasteiger partial charge on any atom is 0.343 e. The van der Waals surface area contributed by atoms with Gasteiger partial charge in [-0.05, 0) is 67.8 Å². The van der Waals surface area contributed by atoms with Gasteiger partial charge in [0.05, 0.1) is 5.56 Å². The molecular formula is C19H19NO3. The highest BCUT2D eigenvalue weighted by atomic mass is 16.5. The van der Waals surface area contributed by atoms with Crippen molar-refractivity contribution in [2.45, 2.75) is 26.7 Å². The van der Waals surface area contributed by atoms with E-state index in [4.69, 9.17) is 4.74 Å². The minimum absolute atomic E-state index is 0.135. The van der Waals surface area contributed by atoms with Crippen LogP contribution in [0, 0.1) is 13.8 Å². The fraction of sp³-hybridized carbons (Fsp3) is 0.263. The van der Waals surface area contributed by atoms with Gasteiger partial charge in [0.15, 0.2) is 0 Å². The summed E-state index contributed by atoms with van der Waals surface area (Å²) in [5.41, 5.74) is 3.54. The molecule has 0 aliphatic carbocycles. The molecule has 118 valence electrons. The molecule has 4 nitrogen and oxygen atoms in total. The third-order valence-corrected chi connectivity index (χ3v) is 4.18. The number of anilines is 1. The fourth-order valence-corrected chi connectivity index (χ4v) is 2.64. The molecule has 2 aromatic carbocycles. The van der Waals surface area contributed by atoms with Gasteiger partial charge in [-0.25, -0.2) is 4.79 Å². The molecule has 3 rings (SSSR count). The van der Waals surface area contributed by atoms with Crippen LogP contribution in [0.5, 0.6) is 5.75 Å². The topological polar surface area (TPSA) is 46.6 Å². The van der Waals surface area contributed by atoms with Crippen LogP contribution < -0.4 is 9.64 Å². The summed E-state index contributed by atoms with van der Waals surface area (Å²) in [6.45, 7) is 4.74. The van der Waals surface area contributed by atoms with Gasteiger partial charge in [-0.3, -0.25) is 4.79 Å². The average Bonchev–Trinajstić information content (AvgIpc) is 2.97. The molecule has 1 fully saturated rings. The summed E-state index contributed by atoms with van der Waals surface area (Å²) in [4.78, 5) is 25.7. The zero-order chi connectivity index (χ0) is 16.4. The monoisotopic (exact) mass is 309 g/mol. The SMILES string of the molecule is Cc1ccc(OC(=O)c2ccc(N3CCCC3=O)cc2)cc1C. The summed E-state index contributed by atoms with van der Waals surface area (Å²) in [5.74, 6) is 0.278. The molecule has 0 unspecified atom stereocenters. The standard InChI is InChI=1S/C19H19NO3/c1-13-5-10-17(12-14(13)2)23-19(22)15-6-8-16(9-7-15)20-11-3-4-18(20)21/h5-10,12H,3-4,11H2,1-2H3. The number of amides is 1. The number of hydrogen-bond donors (Lipinski definition) is 0. The molecule has 0 bridgehead atoms. The van der Waals surface area contributed by atoms with Crippen molar-refractivity contribution in [3.8, 4) is 5.75 Å². The molecule has 1 aliphatic heterocycles. The molecule has 23 heavy (non-hydrogen) atoms. The van der Waals surface area contributed by atoms with Crippen molar-refractivity contribution < 1.29 is 14.3 Å². The van der Waals surface area contributed by atoms with Crippen LogP contribution in [0.3, 0.4) is 0 Å². The molecule has 0 atom stereocenters. The van der Waals surface area contributed by atoms with Crippen molar-refractivity contribution in [3.63, 3.8) is 0 Å². The van der Waals surface area contributed by atoms with Crippen molar-refractivity contribution in [1.29, 1.82) is 0 Å². The number of hydrogen-bond acceptors (Lipinski definition) is 3. The van der Waals surface area contributed by atoms with E-state index in [1.54, 1.807) is 35.2 Å². The smallest absolute Gasteiger partial charge is 0.343 e. The van der Waals surface area contributed by atoms with Gasteiger partial charge in [-0.2, -0.15) is 0 Å². The number of ether oxygens (including phenoxy) is 1. The van der Waals surface area contributed by atoms with Gasteiger partial charge in [-0.15, -0.1) is 0 Å². The van der Waals surface area contributed by atoms with Crippen LogP contribution in [0.2, 0.25) is 0 Å². The molecule has 1 amide bonds. The van der Waals surface area contributed by atoms with Crippen molar-refractivity contribution >= 4 is 17.6 Å². The van der Waals surface area contributed by atoms with Crippen LogP contribution in [0.4, 0.5) is 5.69 Å². The highest BCUT2D eigenvalue weighted by molar-refractivity contribution is 5.96. The molecule has 1 heterocycles. The zero-order valence-electron chi connectivity index (χ0n) is 13.3. The third kappa shape index (κ3) is 3.26. The Morgan fingerprint density at radius 2 is 1.78 bits per heavy atom. The molecule has 0 saturated carbocycles. The van der Waals surface area contributed by atoms with E-state index in [1.807, 2.05) is 26.0 Å². The number of carbonyl (C=O) groups excluding carboxylic acids is 2. The number of aryl methyl sites for hydroxylation is 2. The lowest BCUT2D eigenvalue weighted by molar-refractivity contribution is -0.117. The van der Waals surface area contributed by atoms with Crippen LogP contribution in [0.15, 0.2) is 42.5 Å². The Morgan fingerprint density at radius 3 is 2.39 bits per heavy atom. The Kier molecular flexibility index (Phi) is 4.15.